The third kappa shape index (κ3) is 5.14. The molecular weight excluding hydrogens is 397 g/mol. The molecule has 4 rings (SSSR count). The molecule has 1 aliphatic heterocycles. The number of aromatic nitrogens is 3. The molecule has 0 saturated carbocycles. The van der Waals surface area contributed by atoms with Gasteiger partial charge >= 0.3 is 0 Å². The smallest absolute Gasteiger partial charge is 0.257 e. The predicted molar refractivity (Wildman–Crippen MR) is 114 cm³/mol. The lowest BCUT2D eigenvalue weighted by Crippen LogP contribution is -2.41. The lowest BCUT2D eigenvalue weighted by molar-refractivity contribution is -0.133. The molecule has 31 heavy (non-hydrogen) atoms. The molecule has 1 unspecified atom stereocenters. The first-order valence-electron chi connectivity index (χ1n) is 10.3. The fourth-order valence-electron chi connectivity index (χ4n) is 3.75. The second kappa shape index (κ2) is 9.07. The van der Waals surface area contributed by atoms with Crippen LogP contribution in [0, 0.1) is 12.7 Å². The minimum Gasteiger partial charge on any atom is -0.340 e. The van der Waals surface area contributed by atoms with E-state index in [2.05, 4.69) is 15.4 Å². The SMILES string of the molecule is Cc1cnn(CC(=O)N2CCCC(c3ccc(C(=O)Nc4ccc(F)cc4)cn3)C2)c1. The van der Waals surface area contributed by atoms with Gasteiger partial charge in [-0.2, -0.15) is 5.10 Å². The molecule has 7 nitrogen and oxygen atoms in total. The number of pyridine rings is 1. The maximum Gasteiger partial charge on any atom is 0.257 e. The summed E-state index contributed by atoms with van der Waals surface area (Å²) in [5, 5.41) is 6.91. The van der Waals surface area contributed by atoms with Crippen LogP contribution >= 0.6 is 0 Å². The van der Waals surface area contributed by atoms with E-state index < -0.39 is 0 Å². The van der Waals surface area contributed by atoms with Crippen molar-refractivity contribution in [2.24, 2.45) is 0 Å². The topological polar surface area (TPSA) is 80.1 Å². The van der Waals surface area contributed by atoms with E-state index in [9.17, 15) is 14.0 Å². The van der Waals surface area contributed by atoms with Gasteiger partial charge < -0.3 is 10.2 Å². The Kier molecular flexibility index (Phi) is 6.06. The lowest BCUT2D eigenvalue weighted by atomic mass is 9.94. The van der Waals surface area contributed by atoms with Gasteiger partial charge in [0.25, 0.3) is 5.91 Å². The van der Waals surface area contributed by atoms with E-state index in [1.54, 1.807) is 23.1 Å². The normalized spacial score (nSPS) is 16.2. The number of carbonyl (C=O) groups is 2. The molecule has 8 heteroatoms. The maximum absolute atomic E-state index is 13.0. The van der Waals surface area contributed by atoms with E-state index in [-0.39, 0.29) is 30.1 Å². The number of amides is 2. The summed E-state index contributed by atoms with van der Waals surface area (Å²) in [6.45, 7) is 3.51. The summed E-state index contributed by atoms with van der Waals surface area (Å²) >= 11 is 0. The first kappa shape index (κ1) is 20.7. The van der Waals surface area contributed by atoms with Gasteiger partial charge in [-0.15, -0.1) is 0 Å². The Balaban J connectivity index is 1.37. The van der Waals surface area contributed by atoms with Crippen LogP contribution in [0.2, 0.25) is 0 Å². The molecule has 0 bridgehead atoms. The first-order chi connectivity index (χ1) is 15.0. The summed E-state index contributed by atoms with van der Waals surface area (Å²) in [6, 6.07) is 9.17. The van der Waals surface area contributed by atoms with Gasteiger partial charge in [0.05, 0.1) is 11.8 Å². The van der Waals surface area contributed by atoms with Gasteiger partial charge in [0, 0.05) is 42.8 Å². The molecule has 3 aromatic rings. The first-order valence-corrected chi connectivity index (χ1v) is 10.3. The highest BCUT2D eigenvalue weighted by Crippen LogP contribution is 2.26. The molecule has 0 radical (unpaired) electrons. The summed E-state index contributed by atoms with van der Waals surface area (Å²) in [7, 11) is 0. The average molecular weight is 421 g/mol. The monoisotopic (exact) mass is 421 g/mol. The largest absolute Gasteiger partial charge is 0.340 e. The van der Waals surface area contributed by atoms with Crippen molar-refractivity contribution >= 4 is 17.5 Å². The molecule has 0 aliphatic carbocycles. The summed E-state index contributed by atoms with van der Waals surface area (Å²) < 4.78 is 14.7. The van der Waals surface area contributed by atoms with Gasteiger partial charge in [0.15, 0.2) is 0 Å². The van der Waals surface area contributed by atoms with Crippen molar-refractivity contribution in [2.75, 3.05) is 18.4 Å². The number of rotatable bonds is 5. The quantitative estimate of drug-likeness (QED) is 0.685. The van der Waals surface area contributed by atoms with Gasteiger partial charge in [-0.05, 0) is 61.7 Å². The van der Waals surface area contributed by atoms with Crippen LogP contribution < -0.4 is 5.32 Å². The zero-order chi connectivity index (χ0) is 21.8. The van der Waals surface area contributed by atoms with Gasteiger partial charge in [0.2, 0.25) is 5.91 Å². The van der Waals surface area contributed by atoms with E-state index in [1.807, 2.05) is 24.1 Å². The number of nitrogens with zero attached hydrogens (tertiary/aromatic N) is 4. The Morgan fingerprint density at radius 2 is 1.97 bits per heavy atom. The van der Waals surface area contributed by atoms with Crippen LogP contribution in [0.15, 0.2) is 55.0 Å². The Morgan fingerprint density at radius 3 is 2.65 bits per heavy atom. The summed E-state index contributed by atoms with van der Waals surface area (Å²) in [5.74, 6) is -0.487. The number of carbonyl (C=O) groups excluding carboxylic acids is 2. The second-order valence-electron chi connectivity index (χ2n) is 7.83. The van der Waals surface area contributed by atoms with Crippen molar-refractivity contribution in [1.82, 2.24) is 19.7 Å². The number of piperidine rings is 1. The van der Waals surface area contributed by atoms with Gasteiger partial charge in [-0.25, -0.2) is 4.39 Å². The molecule has 2 aromatic heterocycles. The molecular formula is C23H24FN5O2. The van der Waals surface area contributed by atoms with Crippen molar-refractivity contribution in [1.29, 1.82) is 0 Å². The molecule has 1 fully saturated rings. The Labute approximate surface area is 179 Å². The van der Waals surface area contributed by atoms with E-state index in [1.165, 1.54) is 24.3 Å². The van der Waals surface area contributed by atoms with Crippen molar-refractivity contribution < 1.29 is 14.0 Å². The van der Waals surface area contributed by atoms with Crippen LogP contribution in [-0.2, 0) is 11.3 Å². The van der Waals surface area contributed by atoms with Crippen LogP contribution in [0.5, 0.6) is 0 Å². The average Bonchev–Trinajstić information content (AvgIpc) is 3.20. The molecule has 3 heterocycles. The Morgan fingerprint density at radius 1 is 1.16 bits per heavy atom. The molecule has 1 atom stereocenters. The minimum atomic E-state index is -0.358. The van der Waals surface area contributed by atoms with Crippen molar-refractivity contribution in [3.63, 3.8) is 0 Å². The number of hydrogen-bond donors (Lipinski definition) is 1. The molecule has 1 saturated heterocycles. The molecule has 1 aliphatic rings. The molecule has 1 N–H and O–H groups in total. The zero-order valence-corrected chi connectivity index (χ0v) is 17.3. The zero-order valence-electron chi connectivity index (χ0n) is 17.3. The summed E-state index contributed by atoms with van der Waals surface area (Å²) in [4.78, 5) is 31.4. The minimum absolute atomic E-state index is 0.0445. The number of likely N-dealkylation sites (tertiary alicyclic amines) is 1. The lowest BCUT2D eigenvalue weighted by Gasteiger charge is -2.32. The maximum atomic E-state index is 13.0. The molecule has 0 spiro atoms. The number of anilines is 1. The van der Waals surface area contributed by atoms with Crippen molar-refractivity contribution in [2.45, 2.75) is 32.2 Å². The van der Waals surface area contributed by atoms with Crippen molar-refractivity contribution in [3.05, 3.63) is 77.6 Å². The van der Waals surface area contributed by atoms with Crippen molar-refractivity contribution in [3.8, 4) is 0 Å². The molecule has 2 amide bonds. The van der Waals surface area contributed by atoms with E-state index in [4.69, 9.17) is 0 Å². The van der Waals surface area contributed by atoms with Crippen LogP contribution in [0.4, 0.5) is 10.1 Å². The third-order valence-electron chi connectivity index (χ3n) is 5.40. The summed E-state index contributed by atoms with van der Waals surface area (Å²) in [6.07, 6.45) is 6.99. The highest BCUT2D eigenvalue weighted by molar-refractivity contribution is 6.04. The van der Waals surface area contributed by atoms with Crippen LogP contribution in [0.3, 0.4) is 0 Å². The van der Waals surface area contributed by atoms with Crippen LogP contribution in [0.25, 0.3) is 0 Å². The number of aryl methyl sites for hydroxylation is 1. The van der Waals surface area contributed by atoms with E-state index in [0.29, 0.717) is 17.8 Å². The van der Waals surface area contributed by atoms with E-state index in [0.717, 1.165) is 30.6 Å². The fraction of sp³-hybridized carbons (Fsp3) is 0.304. The number of nitrogens with one attached hydrogen (secondary N) is 1. The fourth-order valence-corrected chi connectivity index (χ4v) is 3.75. The van der Waals surface area contributed by atoms with Gasteiger partial charge in [-0.3, -0.25) is 19.3 Å². The van der Waals surface area contributed by atoms with Gasteiger partial charge in [0.1, 0.15) is 12.4 Å². The molecule has 1 aromatic carbocycles. The highest BCUT2D eigenvalue weighted by atomic mass is 19.1. The third-order valence-corrected chi connectivity index (χ3v) is 5.40. The standard InChI is InChI=1S/C23H24FN5O2/c1-16-11-26-29(13-16)15-22(30)28-10-2-3-18(14-28)21-9-4-17(12-25-21)23(31)27-20-7-5-19(24)6-8-20/h4-9,11-13,18H,2-3,10,14-15H2,1H3,(H,27,31). The second-order valence-corrected chi connectivity index (χ2v) is 7.83. The van der Waals surface area contributed by atoms with E-state index >= 15 is 0 Å². The summed E-state index contributed by atoms with van der Waals surface area (Å²) in [5.41, 5.74) is 2.83. The van der Waals surface area contributed by atoms with Crippen LogP contribution in [0.1, 0.15) is 40.4 Å². The number of halogens is 1. The highest BCUT2D eigenvalue weighted by Gasteiger charge is 2.26. The Hall–Kier alpha value is -3.55. The number of benzene rings is 1. The Bertz CT molecular complexity index is 1060. The van der Waals surface area contributed by atoms with Gasteiger partial charge in [-0.1, -0.05) is 0 Å². The predicted octanol–water partition coefficient (Wildman–Crippen LogP) is 3.38. The number of hydrogen-bond acceptors (Lipinski definition) is 4. The molecule has 160 valence electrons. The van der Waals surface area contributed by atoms with Crippen LogP contribution in [-0.4, -0.2) is 44.6 Å².